The Bertz CT molecular complexity index is 977. The van der Waals surface area contributed by atoms with Gasteiger partial charge in [0.05, 0.1) is 23.6 Å². The van der Waals surface area contributed by atoms with Gasteiger partial charge in [-0.2, -0.15) is 0 Å². The summed E-state index contributed by atoms with van der Waals surface area (Å²) in [5.41, 5.74) is 0.781. The van der Waals surface area contributed by atoms with E-state index in [1.54, 1.807) is 30.3 Å². The lowest BCUT2D eigenvalue weighted by atomic mass is 9.85. The molecule has 0 spiro atoms. The van der Waals surface area contributed by atoms with Crippen molar-refractivity contribution in [2.24, 2.45) is 11.8 Å². The fourth-order valence-electron chi connectivity index (χ4n) is 5.16. The van der Waals surface area contributed by atoms with Crippen LogP contribution in [0.5, 0.6) is 0 Å². The zero-order chi connectivity index (χ0) is 19.4. The lowest BCUT2D eigenvalue weighted by Gasteiger charge is -2.27. The van der Waals surface area contributed by atoms with Crippen molar-refractivity contribution >= 4 is 23.3 Å². The summed E-state index contributed by atoms with van der Waals surface area (Å²) in [5.74, 6) is -2.60. The van der Waals surface area contributed by atoms with Crippen molar-refractivity contribution in [2.75, 3.05) is 11.4 Å². The molecule has 3 heterocycles. The number of rotatable bonds is 3. The lowest BCUT2D eigenvalue weighted by Crippen LogP contribution is -2.46. The van der Waals surface area contributed by atoms with Gasteiger partial charge in [0.15, 0.2) is 5.78 Å². The Morgan fingerprint density at radius 1 is 0.964 bits per heavy atom. The molecule has 4 atom stereocenters. The fraction of sp³-hybridized carbons (Fsp3) is 0.318. The summed E-state index contributed by atoms with van der Waals surface area (Å²) < 4.78 is 13.7. The molecule has 3 aliphatic rings. The highest BCUT2D eigenvalue weighted by Crippen LogP contribution is 2.48. The standard InChI is InChI=1S/C22H19FN2O3/c23-14-8-4-9-15(12-14)25-21(27)17-16-10-5-11-24(16)19(18(17)22(25)28)20(26)13-6-2-1-3-7-13/h1-4,6-9,12,16-19H,5,10-11H2/t16-,17-,18-,19-/m1/s1. The van der Waals surface area contributed by atoms with E-state index in [1.165, 1.54) is 18.2 Å². The monoisotopic (exact) mass is 378 g/mol. The summed E-state index contributed by atoms with van der Waals surface area (Å²) in [4.78, 5) is 42.9. The minimum absolute atomic E-state index is 0.113. The third kappa shape index (κ3) is 2.37. The number of fused-ring (bicyclic) bond motifs is 3. The van der Waals surface area contributed by atoms with Gasteiger partial charge in [0.25, 0.3) is 0 Å². The van der Waals surface area contributed by atoms with Crippen molar-refractivity contribution in [2.45, 2.75) is 24.9 Å². The molecule has 3 fully saturated rings. The maximum absolute atomic E-state index is 13.7. The molecule has 0 unspecified atom stereocenters. The van der Waals surface area contributed by atoms with Crippen LogP contribution in [0.2, 0.25) is 0 Å². The number of halogens is 1. The second-order valence-electron chi connectivity index (χ2n) is 7.67. The zero-order valence-electron chi connectivity index (χ0n) is 15.1. The molecule has 2 aromatic rings. The van der Waals surface area contributed by atoms with Gasteiger partial charge in [-0.3, -0.25) is 19.3 Å². The van der Waals surface area contributed by atoms with E-state index in [1.807, 2.05) is 11.0 Å². The molecule has 142 valence electrons. The van der Waals surface area contributed by atoms with Gasteiger partial charge in [-0.05, 0) is 37.6 Å². The summed E-state index contributed by atoms with van der Waals surface area (Å²) >= 11 is 0. The van der Waals surface area contributed by atoms with Gasteiger partial charge in [0.2, 0.25) is 11.8 Å². The summed E-state index contributed by atoms with van der Waals surface area (Å²) in [5, 5.41) is 0. The summed E-state index contributed by atoms with van der Waals surface area (Å²) in [6.45, 7) is 0.710. The first-order chi connectivity index (χ1) is 13.6. The van der Waals surface area contributed by atoms with Crippen LogP contribution in [-0.2, 0) is 9.59 Å². The normalized spacial score (nSPS) is 29.2. The van der Waals surface area contributed by atoms with E-state index in [0.29, 0.717) is 12.1 Å². The Labute approximate surface area is 161 Å². The number of nitrogens with zero attached hydrogens (tertiary/aromatic N) is 2. The predicted octanol–water partition coefficient (Wildman–Crippen LogP) is 2.66. The van der Waals surface area contributed by atoms with Gasteiger partial charge in [0, 0.05) is 11.6 Å². The van der Waals surface area contributed by atoms with E-state index >= 15 is 0 Å². The van der Waals surface area contributed by atoms with Crippen LogP contribution in [0.15, 0.2) is 54.6 Å². The van der Waals surface area contributed by atoms with Crippen LogP contribution in [0.25, 0.3) is 0 Å². The summed E-state index contributed by atoms with van der Waals surface area (Å²) in [6.07, 6.45) is 1.68. The molecule has 28 heavy (non-hydrogen) atoms. The van der Waals surface area contributed by atoms with E-state index < -0.39 is 29.6 Å². The van der Waals surface area contributed by atoms with Crippen molar-refractivity contribution in [3.8, 4) is 0 Å². The van der Waals surface area contributed by atoms with Gasteiger partial charge in [-0.15, -0.1) is 0 Å². The minimum atomic E-state index is -0.714. The van der Waals surface area contributed by atoms with Crippen molar-refractivity contribution in [1.29, 1.82) is 0 Å². The van der Waals surface area contributed by atoms with Gasteiger partial charge in [-0.25, -0.2) is 9.29 Å². The molecule has 3 saturated heterocycles. The first-order valence-electron chi connectivity index (χ1n) is 9.56. The van der Waals surface area contributed by atoms with Gasteiger partial charge in [-0.1, -0.05) is 36.4 Å². The first-order valence-corrected chi connectivity index (χ1v) is 9.56. The second-order valence-corrected chi connectivity index (χ2v) is 7.67. The maximum atomic E-state index is 13.7. The average Bonchev–Trinajstić information content (AvgIpc) is 3.34. The number of benzene rings is 2. The molecule has 5 rings (SSSR count). The molecule has 0 aliphatic carbocycles. The molecule has 2 amide bonds. The largest absolute Gasteiger partial charge is 0.292 e. The Morgan fingerprint density at radius 2 is 1.71 bits per heavy atom. The highest BCUT2D eigenvalue weighted by molar-refractivity contribution is 6.24. The Hall–Kier alpha value is -2.86. The number of ketones is 1. The van der Waals surface area contributed by atoms with Crippen LogP contribution in [0.1, 0.15) is 23.2 Å². The number of hydrogen-bond acceptors (Lipinski definition) is 4. The van der Waals surface area contributed by atoms with Gasteiger partial charge in [0.1, 0.15) is 5.82 Å². The first kappa shape index (κ1) is 17.3. The zero-order valence-corrected chi connectivity index (χ0v) is 15.1. The number of anilines is 1. The smallest absolute Gasteiger partial charge is 0.239 e. The number of hydrogen-bond donors (Lipinski definition) is 0. The quantitative estimate of drug-likeness (QED) is 0.609. The van der Waals surface area contributed by atoms with E-state index in [-0.39, 0.29) is 23.4 Å². The molecular formula is C22H19FN2O3. The van der Waals surface area contributed by atoms with Crippen molar-refractivity contribution in [1.82, 2.24) is 4.90 Å². The number of carbonyl (C=O) groups is 3. The highest BCUT2D eigenvalue weighted by Gasteiger charge is 2.64. The van der Waals surface area contributed by atoms with E-state index in [0.717, 1.165) is 17.7 Å². The van der Waals surface area contributed by atoms with Gasteiger partial charge >= 0.3 is 0 Å². The van der Waals surface area contributed by atoms with E-state index in [9.17, 15) is 18.8 Å². The Morgan fingerprint density at radius 3 is 2.46 bits per heavy atom. The molecule has 0 radical (unpaired) electrons. The molecule has 0 saturated carbocycles. The maximum Gasteiger partial charge on any atom is 0.239 e. The molecule has 6 heteroatoms. The van der Waals surface area contributed by atoms with E-state index in [4.69, 9.17) is 0 Å². The molecular weight excluding hydrogens is 359 g/mol. The lowest BCUT2D eigenvalue weighted by molar-refractivity contribution is -0.123. The minimum Gasteiger partial charge on any atom is -0.292 e. The van der Waals surface area contributed by atoms with Crippen molar-refractivity contribution in [3.05, 3.63) is 66.0 Å². The topological polar surface area (TPSA) is 57.7 Å². The fourth-order valence-corrected chi connectivity index (χ4v) is 5.16. The molecule has 3 aliphatic heterocycles. The highest BCUT2D eigenvalue weighted by atomic mass is 19.1. The number of Topliss-reactive ketones (excluding diaryl/α,β-unsaturated/α-hetero) is 1. The van der Waals surface area contributed by atoms with Crippen LogP contribution in [0, 0.1) is 17.7 Å². The third-order valence-electron chi connectivity index (χ3n) is 6.25. The van der Waals surface area contributed by atoms with Crippen LogP contribution >= 0.6 is 0 Å². The Balaban J connectivity index is 1.56. The van der Waals surface area contributed by atoms with Crippen molar-refractivity contribution < 1.29 is 18.8 Å². The van der Waals surface area contributed by atoms with Crippen LogP contribution < -0.4 is 4.90 Å². The number of carbonyl (C=O) groups excluding carboxylic acids is 3. The van der Waals surface area contributed by atoms with E-state index in [2.05, 4.69) is 0 Å². The molecule has 0 bridgehead atoms. The molecule has 0 N–H and O–H groups in total. The van der Waals surface area contributed by atoms with Gasteiger partial charge < -0.3 is 0 Å². The average molecular weight is 378 g/mol. The second kappa shape index (κ2) is 6.34. The number of imide groups is 1. The third-order valence-corrected chi connectivity index (χ3v) is 6.25. The summed E-state index contributed by atoms with van der Waals surface area (Å²) in [7, 11) is 0. The molecule has 0 aromatic heterocycles. The number of amides is 2. The predicted molar refractivity (Wildman–Crippen MR) is 100 cm³/mol. The molecule has 2 aromatic carbocycles. The van der Waals surface area contributed by atoms with Crippen LogP contribution in [0.3, 0.4) is 0 Å². The van der Waals surface area contributed by atoms with Crippen LogP contribution in [0.4, 0.5) is 10.1 Å². The Kier molecular flexibility index (Phi) is 3.91. The SMILES string of the molecule is O=C(c1ccccc1)[C@H]1[C@@H]2C(=O)N(c3cccc(F)c3)C(=O)[C@@H]2[C@H]2CCCN21. The molecule has 5 nitrogen and oxygen atoms in total. The van der Waals surface area contributed by atoms with Crippen LogP contribution in [-0.4, -0.2) is 41.1 Å². The summed E-state index contributed by atoms with van der Waals surface area (Å²) in [6, 6.07) is 13.7. The van der Waals surface area contributed by atoms with Crippen molar-refractivity contribution in [3.63, 3.8) is 0 Å².